The van der Waals surface area contributed by atoms with Gasteiger partial charge in [-0.2, -0.15) is 0 Å². The van der Waals surface area contributed by atoms with E-state index in [9.17, 15) is 4.79 Å². The Morgan fingerprint density at radius 3 is 2.17 bits per heavy atom. The maximum Gasteiger partial charge on any atom is 0.224 e. The molecule has 1 heterocycles. The third-order valence-corrected chi connectivity index (χ3v) is 5.53. The van der Waals surface area contributed by atoms with Gasteiger partial charge in [0.15, 0.2) is 0 Å². The van der Waals surface area contributed by atoms with E-state index in [2.05, 4.69) is 48.5 Å². The predicted octanol–water partition coefficient (Wildman–Crippen LogP) is 4.92. The molecule has 2 aromatic carbocycles. The van der Waals surface area contributed by atoms with Crippen LogP contribution >= 0.6 is 11.8 Å². The fraction of sp³-hybridized carbons (Fsp3) is 0.350. The van der Waals surface area contributed by atoms with Crippen molar-refractivity contribution in [1.29, 1.82) is 0 Å². The van der Waals surface area contributed by atoms with Gasteiger partial charge in [0.05, 0.1) is 0 Å². The summed E-state index contributed by atoms with van der Waals surface area (Å²) in [5.74, 6) is 0.294. The summed E-state index contributed by atoms with van der Waals surface area (Å²) in [5.41, 5.74) is 1.23. The smallest absolute Gasteiger partial charge is 0.224 e. The summed E-state index contributed by atoms with van der Waals surface area (Å²) in [6.45, 7) is 1.85. The number of hydrogen-bond acceptors (Lipinski definition) is 2. The minimum Gasteiger partial charge on any atom is -0.343 e. The van der Waals surface area contributed by atoms with Crippen LogP contribution in [0.2, 0.25) is 0 Å². The van der Waals surface area contributed by atoms with E-state index in [1.165, 1.54) is 16.9 Å². The Kier molecular flexibility index (Phi) is 5.76. The van der Waals surface area contributed by atoms with Crippen molar-refractivity contribution in [2.45, 2.75) is 35.8 Å². The van der Waals surface area contributed by atoms with E-state index >= 15 is 0 Å². The Labute approximate surface area is 142 Å². The highest BCUT2D eigenvalue weighted by Crippen LogP contribution is 2.38. The lowest BCUT2D eigenvalue weighted by Gasteiger charge is -2.28. The van der Waals surface area contributed by atoms with E-state index in [1.54, 1.807) is 11.8 Å². The minimum absolute atomic E-state index is 0.174. The highest BCUT2D eigenvalue weighted by molar-refractivity contribution is 7.99. The van der Waals surface area contributed by atoms with Gasteiger partial charge in [0, 0.05) is 29.7 Å². The van der Waals surface area contributed by atoms with Crippen LogP contribution in [0.1, 0.15) is 36.5 Å². The van der Waals surface area contributed by atoms with Gasteiger partial charge >= 0.3 is 0 Å². The van der Waals surface area contributed by atoms with Crippen molar-refractivity contribution in [3.05, 3.63) is 66.2 Å². The maximum absolute atomic E-state index is 12.7. The van der Waals surface area contributed by atoms with Gasteiger partial charge in [0.2, 0.25) is 5.91 Å². The molecule has 0 N–H and O–H groups in total. The number of carbonyl (C=O) groups excluding carboxylic acids is 1. The van der Waals surface area contributed by atoms with E-state index in [0.29, 0.717) is 12.3 Å². The molecule has 2 aromatic rings. The van der Waals surface area contributed by atoms with Crippen LogP contribution in [0.3, 0.4) is 0 Å². The van der Waals surface area contributed by atoms with Crippen molar-refractivity contribution >= 4 is 17.7 Å². The topological polar surface area (TPSA) is 20.3 Å². The average Bonchev–Trinajstić information content (AvgIpc) is 2.63. The Balaban J connectivity index is 1.73. The summed E-state index contributed by atoms with van der Waals surface area (Å²) in [4.78, 5) is 15.9. The van der Waals surface area contributed by atoms with Gasteiger partial charge < -0.3 is 4.90 Å². The van der Waals surface area contributed by atoms with Crippen molar-refractivity contribution in [3.8, 4) is 0 Å². The number of carbonyl (C=O) groups is 1. The van der Waals surface area contributed by atoms with E-state index in [4.69, 9.17) is 0 Å². The van der Waals surface area contributed by atoms with Crippen LogP contribution < -0.4 is 0 Å². The van der Waals surface area contributed by atoms with Crippen LogP contribution in [0.4, 0.5) is 0 Å². The third kappa shape index (κ3) is 4.61. The monoisotopic (exact) mass is 325 g/mol. The normalized spacial score (nSPS) is 16.1. The van der Waals surface area contributed by atoms with E-state index in [-0.39, 0.29) is 5.25 Å². The fourth-order valence-corrected chi connectivity index (χ4v) is 4.15. The van der Waals surface area contributed by atoms with Gasteiger partial charge in [-0.1, -0.05) is 48.5 Å². The number of benzene rings is 2. The van der Waals surface area contributed by atoms with Crippen molar-refractivity contribution in [2.24, 2.45) is 0 Å². The molecule has 0 aliphatic carbocycles. The average molecular weight is 325 g/mol. The molecule has 1 saturated heterocycles. The van der Waals surface area contributed by atoms with Crippen LogP contribution in [0, 0.1) is 0 Å². The van der Waals surface area contributed by atoms with E-state index in [0.717, 1.165) is 25.9 Å². The summed E-state index contributed by atoms with van der Waals surface area (Å²) >= 11 is 1.79. The maximum atomic E-state index is 12.7. The van der Waals surface area contributed by atoms with E-state index < -0.39 is 0 Å². The van der Waals surface area contributed by atoms with Crippen LogP contribution in [0.5, 0.6) is 0 Å². The minimum atomic E-state index is 0.174. The molecule has 120 valence electrons. The summed E-state index contributed by atoms with van der Waals surface area (Å²) in [6.07, 6.45) is 4.12. The first kappa shape index (κ1) is 16.1. The molecule has 0 saturated carbocycles. The molecular formula is C20H23NOS. The van der Waals surface area contributed by atoms with Crippen LogP contribution in [-0.2, 0) is 4.79 Å². The van der Waals surface area contributed by atoms with Gasteiger partial charge in [0.25, 0.3) is 0 Å². The zero-order valence-electron chi connectivity index (χ0n) is 13.4. The molecule has 1 fully saturated rings. The zero-order valence-corrected chi connectivity index (χ0v) is 14.2. The number of amides is 1. The molecule has 3 rings (SSSR count). The summed E-state index contributed by atoms with van der Waals surface area (Å²) < 4.78 is 0. The lowest BCUT2D eigenvalue weighted by atomic mass is 10.1. The van der Waals surface area contributed by atoms with Gasteiger partial charge in [-0.05, 0) is 37.0 Å². The molecule has 2 nitrogen and oxygen atoms in total. The van der Waals surface area contributed by atoms with Crippen LogP contribution in [0.15, 0.2) is 65.6 Å². The molecule has 0 aromatic heterocycles. The van der Waals surface area contributed by atoms with Crippen molar-refractivity contribution in [1.82, 2.24) is 4.90 Å². The number of rotatable bonds is 5. The van der Waals surface area contributed by atoms with Crippen molar-refractivity contribution in [2.75, 3.05) is 13.1 Å². The van der Waals surface area contributed by atoms with Crippen molar-refractivity contribution in [3.63, 3.8) is 0 Å². The summed E-state index contributed by atoms with van der Waals surface area (Å²) in [7, 11) is 0. The molecular weight excluding hydrogens is 302 g/mol. The van der Waals surface area contributed by atoms with Crippen molar-refractivity contribution < 1.29 is 4.79 Å². The molecule has 1 unspecified atom stereocenters. The fourth-order valence-electron chi connectivity index (χ4n) is 2.99. The lowest BCUT2D eigenvalue weighted by Crippen LogP contribution is -2.36. The van der Waals surface area contributed by atoms with E-state index in [1.807, 2.05) is 17.0 Å². The number of likely N-dealkylation sites (tertiary alicyclic amines) is 1. The van der Waals surface area contributed by atoms with Crippen LogP contribution in [0.25, 0.3) is 0 Å². The Bertz CT molecular complexity index is 608. The predicted molar refractivity (Wildman–Crippen MR) is 96.5 cm³/mol. The molecule has 3 heteroatoms. The number of thioether (sulfide) groups is 1. The van der Waals surface area contributed by atoms with Gasteiger partial charge in [-0.15, -0.1) is 11.8 Å². The Morgan fingerprint density at radius 1 is 0.913 bits per heavy atom. The van der Waals surface area contributed by atoms with Gasteiger partial charge in [-0.25, -0.2) is 0 Å². The highest BCUT2D eigenvalue weighted by Gasteiger charge is 2.22. The second kappa shape index (κ2) is 8.21. The SMILES string of the molecule is O=C(CC(Sc1ccccc1)c1ccccc1)N1CCCCC1. The molecule has 1 atom stereocenters. The van der Waals surface area contributed by atoms with Gasteiger partial charge in [0.1, 0.15) is 0 Å². The zero-order chi connectivity index (χ0) is 15.9. The number of hydrogen-bond donors (Lipinski definition) is 0. The molecule has 0 bridgehead atoms. The van der Waals surface area contributed by atoms with Crippen LogP contribution in [-0.4, -0.2) is 23.9 Å². The molecule has 0 radical (unpaired) electrons. The molecule has 1 aliphatic rings. The Hall–Kier alpha value is -1.74. The van der Waals surface area contributed by atoms with Gasteiger partial charge in [-0.3, -0.25) is 4.79 Å². The first-order chi connectivity index (χ1) is 11.3. The molecule has 1 amide bonds. The molecule has 0 spiro atoms. The summed E-state index contributed by atoms with van der Waals surface area (Å²) in [5, 5.41) is 0.174. The lowest BCUT2D eigenvalue weighted by molar-refractivity contribution is -0.132. The second-order valence-electron chi connectivity index (χ2n) is 5.98. The largest absolute Gasteiger partial charge is 0.343 e. The standard InChI is InChI=1S/C20H23NOS/c22-20(21-14-8-3-9-15-21)16-19(17-10-4-1-5-11-17)23-18-12-6-2-7-13-18/h1-2,4-7,10-13,19H,3,8-9,14-16H2. The Morgan fingerprint density at radius 2 is 1.52 bits per heavy atom. The highest BCUT2D eigenvalue weighted by atomic mass is 32.2. The quantitative estimate of drug-likeness (QED) is 0.727. The third-order valence-electron chi connectivity index (χ3n) is 4.26. The molecule has 1 aliphatic heterocycles. The second-order valence-corrected chi connectivity index (χ2v) is 7.25. The number of piperidine rings is 1. The first-order valence-corrected chi connectivity index (χ1v) is 9.25. The molecule has 23 heavy (non-hydrogen) atoms. The first-order valence-electron chi connectivity index (χ1n) is 8.37. The number of nitrogens with zero attached hydrogens (tertiary/aromatic N) is 1. The summed E-state index contributed by atoms with van der Waals surface area (Å²) in [6, 6.07) is 20.8.